The Morgan fingerprint density at radius 3 is 2.68 bits per heavy atom. The molecule has 0 saturated heterocycles. The van der Waals surface area contributed by atoms with Gasteiger partial charge in [-0.1, -0.05) is 17.3 Å². The number of rotatable bonds is 4. The highest BCUT2D eigenvalue weighted by atomic mass is 35.5. The number of nitrogens with one attached hydrogen (secondary N) is 1. The number of carbonyl (C=O) groups is 1. The van der Waals surface area contributed by atoms with Crippen molar-refractivity contribution in [2.45, 2.75) is 0 Å². The van der Waals surface area contributed by atoms with Crippen LogP contribution in [0.4, 0.5) is 4.39 Å². The molecule has 2 rings (SSSR count). The van der Waals surface area contributed by atoms with E-state index >= 15 is 0 Å². The van der Waals surface area contributed by atoms with E-state index in [-0.39, 0.29) is 29.8 Å². The van der Waals surface area contributed by atoms with Gasteiger partial charge in [-0.25, -0.2) is 4.39 Å². The van der Waals surface area contributed by atoms with Crippen molar-refractivity contribution < 1.29 is 13.7 Å². The lowest BCUT2D eigenvalue weighted by Crippen LogP contribution is -2.29. The highest BCUT2D eigenvalue weighted by Gasteiger charge is 2.17. The predicted molar refractivity (Wildman–Crippen MR) is 70.5 cm³/mol. The first-order chi connectivity index (χ1) is 8.72. The second kappa shape index (κ2) is 6.86. The van der Waals surface area contributed by atoms with Crippen LogP contribution in [-0.4, -0.2) is 24.2 Å². The monoisotopic (exact) mass is 285 g/mol. The zero-order chi connectivity index (χ0) is 13.0. The van der Waals surface area contributed by atoms with Crippen molar-refractivity contribution in [3.63, 3.8) is 0 Å². The Bertz CT molecular complexity index is 542. The van der Waals surface area contributed by atoms with Gasteiger partial charge >= 0.3 is 0 Å². The molecule has 0 unspecified atom stereocenters. The van der Waals surface area contributed by atoms with E-state index in [4.69, 9.17) is 10.3 Å². The average molecular weight is 286 g/mol. The number of carbonyl (C=O) groups excluding carboxylic acids is 1. The van der Waals surface area contributed by atoms with Gasteiger partial charge in [0.2, 0.25) is 0 Å². The maximum Gasteiger partial charge on any atom is 0.274 e. The summed E-state index contributed by atoms with van der Waals surface area (Å²) in [5, 5.41) is 6.24. The van der Waals surface area contributed by atoms with E-state index in [0.717, 1.165) is 0 Å². The van der Waals surface area contributed by atoms with E-state index in [1.807, 2.05) is 0 Å². The highest BCUT2D eigenvalue weighted by molar-refractivity contribution is 5.98. The lowest BCUT2D eigenvalue weighted by Gasteiger charge is -2.02. The van der Waals surface area contributed by atoms with Crippen molar-refractivity contribution in [1.29, 1.82) is 0 Å². The van der Waals surface area contributed by atoms with Crippen molar-refractivity contribution in [2.75, 3.05) is 13.1 Å². The summed E-state index contributed by atoms with van der Waals surface area (Å²) >= 11 is 0. The van der Waals surface area contributed by atoms with E-state index in [2.05, 4.69) is 10.5 Å². The number of nitrogens with zero attached hydrogens (tertiary/aromatic N) is 1. The lowest BCUT2D eigenvalue weighted by atomic mass is 10.1. The van der Waals surface area contributed by atoms with Crippen LogP contribution in [-0.2, 0) is 0 Å². The summed E-state index contributed by atoms with van der Waals surface area (Å²) in [5.41, 5.74) is 6.64. The molecule has 0 fully saturated rings. The summed E-state index contributed by atoms with van der Waals surface area (Å²) in [6.45, 7) is 0.698. The summed E-state index contributed by atoms with van der Waals surface area (Å²) in [7, 11) is 0. The molecule has 1 aromatic heterocycles. The fourth-order valence-electron chi connectivity index (χ4n) is 1.50. The molecule has 19 heavy (non-hydrogen) atoms. The predicted octanol–water partition coefficient (Wildman–Crippen LogP) is 1.59. The van der Waals surface area contributed by atoms with E-state index in [0.29, 0.717) is 24.2 Å². The van der Waals surface area contributed by atoms with Gasteiger partial charge in [0.1, 0.15) is 12.1 Å². The molecule has 0 bridgehead atoms. The Morgan fingerprint density at radius 1 is 1.37 bits per heavy atom. The second-order valence-electron chi connectivity index (χ2n) is 3.63. The Kier molecular flexibility index (Phi) is 5.47. The smallest absolute Gasteiger partial charge is 0.274 e. The molecular weight excluding hydrogens is 273 g/mol. The zero-order valence-electron chi connectivity index (χ0n) is 9.93. The minimum absolute atomic E-state index is 0. The molecule has 0 aliphatic heterocycles. The second-order valence-corrected chi connectivity index (χ2v) is 3.63. The number of benzene rings is 1. The summed E-state index contributed by atoms with van der Waals surface area (Å²) in [6.07, 6.45) is 1.35. The molecule has 1 aromatic carbocycles. The summed E-state index contributed by atoms with van der Waals surface area (Å²) < 4.78 is 17.6. The van der Waals surface area contributed by atoms with Gasteiger partial charge in [0.15, 0.2) is 5.69 Å². The summed E-state index contributed by atoms with van der Waals surface area (Å²) in [4.78, 5) is 11.8. The minimum atomic E-state index is -0.367. The maximum atomic E-state index is 12.8. The van der Waals surface area contributed by atoms with Crippen LogP contribution in [0.5, 0.6) is 0 Å². The Labute approximate surface area is 115 Å². The normalized spacial score (nSPS) is 9.79. The molecule has 0 atom stereocenters. The molecular formula is C12H13ClFN3O2. The molecule has 0 saturated carbocycles. The topological polar surface area (TPSA) is 81.1 Å². The molecule has 1 heterocycles. The summed E-state index contributed by atoms with van der Waals surface area (Å²) in [5.74, 6) is -0.710. The Morgan fingerprint density at radius 2 is 2.05 bits per heavy atom. The zero-order valence-corrected chi connectivity index (χ0v) is 10.7. The number of halogens is 2. The molecule has 2 aromatic rings. The third-order valence-corrected chi connectivity index (χ3v) is 2.37. The number of amides is 1. The minimum Gasteiger partial charge on any atom is -0.363 e. The SMILES string of the molecule is Cl.NCCNC(=O)c1nocc1-c1ccc(F)cc1. The van der Waals surface area contributed by atoms with Gasteiger partial charge in [-0.2, -0.15) is 0 Å². The molecule has 0 aliphatic rings. The average Bonchev–Trinajstić information content (AvgIpc) is 2.86. The summed E-state index contributed by atoms with van der Waals surface area (Å²) in [6, 6.07) is 5.73. The van der Waals surface area contributed by atoms with Crippen molar-refractivity contribution in [3.05, 3.63) is 42.0 Å². The maximum absolute atomic E-state index is 12.8. The van der Waals surface area contributed by atoms with Crippen molar-refractivity contribution in [3.8, 4) is 11.1 Å². The van der Waals surface area contributed by atoms with E-state index < -0.39 is 0 Å². The van der Waals surface area contributed by atoms with E-state index in [9.17, 15) is 9.18 Å². The Balaban J connectivity index is 0.00000180. The van der Waals surface area contributed by atoms with Crippen LogP contribution in [0.15, 0.2) is 35.1 Å². The van der Waals surface area contributed by atoms with Gasteiger partial charge in [-0.05, 0) is 17.7 Å². The Hall–Kier alpha value is -1.92. The van der Waals surface area contributed by atoms with Gasteiger partial charge in [-0.3, -0.25) is 4.79 Å². The lowest BCUT2D eigenvalue weighted by molar-refractivity contribution is 0.0946. The van der Waals surface area contributed by atoms with Crippen LogP contribution in [0.3, 0.4) is 0 Å². The van der Waals surface area contributed by atoms with Crippen LogP contribution >= 0.6 is 12.4 Å². The number of nitrogens with two attached hydrogens (primary N) is 1. The first-order valence-electron chi connectivity index (χ1n) is 5.41. The number of hydrogen-bond donors (Lipinski definition) is 2. The molecule has 0 aliphatic carbocycles. The molecule has 102 valence electrons. The van der Waals surface area contributed by atoms with E-state index in [1.54, 1.807) is 12.1 Å². The number of hydrogen-bond acceptors (Lipinski definition) is 4. The van der Waals surface area contributed by atoms with E-state index in [1.165, 1.54) is 18.4 Å². The number of aromatic nitrogens is 1. The molecule has 1 amide bonds. The van der Waals surface area contributed by atoms with Crippen LogP contribution in [0.1, 0.15) is 10.5 Å². The largest absolute Gasteiger partial charge is 0.363 e. The first-order valence-corrected chi connectivity index (χ1v) is 5.41. The molecule has 7 heteroatoms. The van der Waals surface area contributed by atoms with Crippen LogP contribution in [0.25, 0.3) is 11.1 Å². The van der Waals surface area contributed by atoms with Gasteiger partial charge in [-0.15, -0.1) is 12.4 Å². The molecule has 0 radical (unpaired) electrons. The van der Waals surface area contributed by atoms with Gasteiger partial charge < -0.3 is 15.6 Å². The van der Waals surface area contributed by atoms with Crippen molar-refractivity contribution in [1.82, 2.24) is 10.5 Å². The van der Waals surface area contributed by atoms with Crippen molar-refractivity contribution >= 4 is 18.3 Å². The van der Waals surface area contributed by atoms with Gasteiger partial charge in [0, 0.05) is 13.1 Å². The highest BCUT2D eigenvalue weighted by Crippen LogP contribution is 2.23. The standard InChI is InChI=1S/C12H12FN3O2.ClH/c13-9-3-1-8(2-4-9)10-7-18-16-11(10)12(17)15-6-5-14;/h1-4,7H,5-6,14H2,(H,15,17);1H. The van der Waals surface area contributed by atoms with Gasteiger partial charge in [0.25, 0.3) is 5.91 Å². The quantitative estimate of drug-likeness (QED) is 0.894. The fraction of sp³-hybridized carbons (Fsp3) is 0.167. The van der Waals surface area contributed by atoms with Crippen LogP contribution in [0, 0.1) is 5.82 Å². The van der Waals surface area contributed by atoms with Crippen LogP contribution < -0.4 is 11.1 Å². The van der Waals surface area contributed by atoms with Gasteiger partial charge in [0.05, 0.1) is 5.56 Å². The molecule has 5 nitrogen and oxygen atoms in total. The van der Waals surface area contributed by atoms with Crippen molar-refractivity contribution in [2.24, 2.45) is 5.73 Å². The fourth-order valence-corrected chi connectivity index (χ4v) is 1.50. The third kappa shape index (κ3) is 3.52. The van der Waals surface area contributed by atoms with Crippen LogP contribution in [0.2, 0.25) is 0 Å². The molecule has 3 N–H and O–H groups in total. The molecule has 0 spiro atoms. The third-order valence-electron chi connectivity index (χ3n) is 2.37. The first kappa shape index (κ1) is 15.1.